The third kappa shape index (κ3) is 3.84. The molecule has 2 atom stereocenters. The zero-order valence-corrected chi connectivity index (χ0v) is 13.4. The number of aliphatic hydroxyl groups is 1. The Morgan fingerprint density at radius 3 is 2.82 bits per heavy atom. The van der Waals surface area contributed by atoms with Crippen LogP contribution < -0.4 is 10.6 Å². The van der Waals surface area contributed by atoms with Crippen LogP contribution in [0.1, 0.15) is 5.56 Å². The summed E-state index contributed by atoms with van der Waals surface area (Å²) in [6.07, 6.45) is 5.35. The second-order valence-corrected chi connectivity index (χ2v) is 5.53. The van der Waals surface area contributed by atoms with Crippen molar-refractivity contribution in [3.05, 3.63) is 36.3 Å². The first-order valence-corrected chi connectivity index (χ1v) is 7.26. The van der Waals surface area contributed by atoms with Crippen LogP contribution in [-0.4, -0.2) is 45.6 Å². The fourth-order valence-corrected chi connectivity index (χ4v) is 2.74. The lowest BCUT2D eigenvalue weighted by atomic mass is 10.1. The maximum Gasteiger partial charge on any atom is 0.0969 e. The van der Waals surface area contributed by atoms with Crippen LogP contribution in [0.5, 0.6) is 0 Å². The molecule has 0 aliphatic carbocycles. The Bertz CT molecular complexity index is 589. The van der Waals surface area contributed by atoms with Gasteiger partial charge in [0.25, 0.3) is 0 Å². The molecule has 2 unspecified atom stereocenters. The van der Waals surface area contributed by atoms with E-state index in [4.69, 9.17) is 0 Å². The van der Waals surface area contributed by atoms with Gasteiger partial charge in [-0.1, -0.05) is 0 Å². The van der Waals surface area contributed by atoms with Gasteiger partial charge >= 0.3 is 0 Å². The number of nitrogens with zero attached hydrogens (tertiary/aromatic N) is 3. The van der Waals surface area contributed by atoms with E-state index < -0.39 is 0 Å². The topological polar surface area (TPSA) is 75.0 Å². The van der Waals surface area contributed by atoms with Crippen LogP contribution in [0, 0.1) is 5.92 Å². The largest absolute Gasteiger partial charge is 0.391 e. The highest BCUT2D eigenvalue weighted by Crippen LogP contribution is 2.21. The van der Waals surface area contributed by atoms with E-state index in [0.717, 1.165) is 36.5 Å². The van der Waals surface area contributed by atoms with Gasteiger partial charge in [-0.05, 0) is 12.1 Å². The minimum Gasteiger partial charge on any atom is -0.391 e. The summed E-state index contributed by atoms with van der Waals surface area (Å²) in [6.45, 7) is 3.12. The lowest BCUT2D eigenvalue weighted by Crippen LogP contribution is -2.30. The molecule has 3 N–H and O–H groups in total. The molecule has 7 heteroatoms. The predicted octanol–water partition coefficient (Wildman–Crippen LogP) is 0.574. The van der Waals surface area contributed by atoms with Crippen molar-refractivity contribution in [1.29, 1.82) is 0 Å². The van der Waals surface area contributed by atoms with Gasteiger partial charge in [-0.15, -0.1) is 12.4 Å². The van der Waals surface area contributed by atoms with Crippen LogP contribution in [0.3, 0.4) is 0 Å². The zero-order valence-electron chi connectivity index (χ0n) is 12.6. The van der Waals surface area contributed by atoms with E-state index in [-0.39, 0.29) is 24.4 Å². The first-order chi connectivity index (χ1) is 10.2. The molecule has 1 aliphatic heterocycles. The molecule has 0 spiro atoms. The van der Waals surface area contributed by atoms with E-state index >= 15 is 0 Å². The van der Waals surface area contributed by atoms with Crippen molar-refractivity contribution in [3.8, 4) is 11.3 Å². The van der Waals surface area contributed by atoms with Crippen LogP contribution >= 0.6 is 12.4 Å². The van der Waals surface area contributed by atoms with Gasteiger partial charge in [-0.2, -0.15) is 5.10 Å². The van der Waals surface area contributed by atoms with Gasteiger partial charge in [0.2, 0.25) is 0 Å². The smallest absolute Gasteiger partial charge is 0.0969 e. The predicted molar refractivity (Wildman–Crippen MR) is 87.8 cm³/mol. The highest BCUT2D eigenvalue weighted by Gasteiger charge is 2.24. The monoisotopic (exact) mass is 323 g/mol. The van der Waals surface area contributed by atoms with E-state index in [0.29, 0.717) is 6.54 Å². The summed E-state index contributed by atoms with van der Waals surface area (Å²) in [5.74, 6) is 0.283. The average molecular weight is 324 g/mol. The van der Waals surface area contributed by atoms with Crippen LogP contribution in [0.25, 0.3) is 11.3 Å². The Kier molecular flexibility index (Phi) is 5.90. The Morgan fingerprint density at radius 1 is 1.36 bits per heavy atom. The molecule has 1 aliphatic rings. The number of β-amino-alcohol motifs (C(OH)–C–C–N with tert-alkyl or cyclic N) is 1. The summed E-state index contributed by atoms with van der Waals surface area (Å²) in [6, 6.07) is 3.94. The molecule has 120 valence electrons. The van der Waals surface area contributed by atoms with Gasteiger partial charge in [0.05, 0.1) is 11.8 Å². The quantitative estimate of drug-likeness (QED) is 0.750. The summed E-state index contributed by atoms with van der Waals surface area (Å²) in [5, 5.41) is 21.0. The molecule has 22 heavy (non-hydrogen) atoms. The van der Waals surface area contributed by atoms with Crippen molar-refractivity contribution in [2.75, 3.05) is 19.6 Å². The molecule has 2 aromatic heterocycles. The van der Waals surface area contributed by atoms with Crippen LogP contribution in [-0.2, 0) is 13.6 Å². The molecule has 0 amide bonds. The number of aryl methyl sites for hydroxylation is 1. The molecule has 0 radical (unpaired) electrons. The van der Waals surface area contributed by atoms with Gasteiger partial charge in [0.1, 0.15) is 0 Å². The first-order valence-electron chi connectivity index (χ1n) is 7.26. The molecule has 2 aromatic rings. The average Bonchev–Trinajstić information content (AvgIpc) is 3.06. The maximum absolute atomic E-state index is 9.80. The molecule has 3 heterocycles. The Hall–Kier alpha value is -1.47. The summed E-state index contributed by atoms with van der Waals surface area (Å²) < 4.78 is 1.83. The van der Waals surface area contributed by atoms with E-state index in [9.17, 15) is 5.11 Å². The van der Waals surface area contributed by atoms with Crippen LogP contribution in [0.15, 0.2) is 30.7 Å². The molecule has 0 aromatic carbocycles. The number of hydrogen-bond donors (Lipinski definition) is 3. The minimum absolute atomic E-state index is 0. The number of halogens is 1. The second-order valence-electron chi connectivity index (χ2n) is 5.53. The summed E-state index contributed by atoms with van der Waals surface area (Å²) in [4.78, 5) is 4.05. The van der Waals surface area contributed by atoms with E-state index in [2.05, 4.69) is 20.7 Å². The number of pyridine rings is 1. The number of hydrogen-bond acceptors (Lipinski definition) is 5. The molecular weight excluding hydrogens is 302 g/mol. The number of nitrogens with one attached hydrogen (secondary N) is 2. The maximum atomic E-state index is 9.80. The minimum atomic E-state index is -0.244. The van der Waals surface area contributed by atoms with Gasteiger partial charge in [-0.3, -0.25) is 9.67 Å². The fourth-order valence-electron chi connectivity index (χ4n) is 2.74. The molecule has 6 nitrogen and oxygen atoms in total. The second kappa shape index (κ2) is 7.69. The molecule has 0 saturated carbocycles. The molecule has 0 bridgehead atoms. The fraction of sp³-hybridized carbons (Fsp3) is 0.467. The van der Waals surface area contributed by atoms with Gasteiger partial charge < -0.3 is 15.7 Å². The van der Waals surface area contributed by atoms with Crippen molar-refractivity contribution in [2.24, 2.45) is 13.0 Å². The Morgan fingerprint density at radius 2 is 2.14 bits per heavy atom. The number of aliphatic hydroxyl groups excluding tert-OH is 1. The van der Waals surface area contributed by atoms with E-state index in [1.165, 1.54) is 0 Å². The van der Waals surface area contributed by atoms with Crippen molar-refractivity contribution in [3.63, 3.8) is 0 Å². The molecular formula is C15H22ClN5O. The van der Waals surface area contributed by atoms with E-state index in [1.54, 1.807) is 12.4 Å². The standard InChI is InChI=1S/C15H21N5O.ClH/c1-20-10-13(8-17-6-12-7-18-9-14(12)21)15(19-20)11-2-4-16-5-3-11;/h2-5,10,12,14,17-18,21H,6-9H2,1H3;1H. The Labute approximate surface area is 136 Å². The highest BCUT2D eigenvalue weighted by molar-refractivity contribution is 5.85. The summed E-state index contributed by atoms with van der Waals surface area (Å²) >= 11 is 0. The molecule has 1 saturated heterocycles. The lowest BCUT2D eigenvalue weighted by molar-refractivity contribution is 0.146. The van der Waals surface area contributed by atoms with Crippen molar-refractivity contribution in [1.82, 2.24) is 25.4 Å². The zero-order chi connectivity index (χ0) is 14.7. The first kappa shape index (κ1) is 16.9. The van der Waals surface area contributed by atoms with Gasteiger partial charge in [0.15, 0.2) is 0 Å². The van der Waals surface area contributed by atoms with Crippen LogP contribution in [0.4, 0.5) is 0 Å². The SMILES string of the molecule is Cl.Cn1cc(CNCC2CNCC2O)c(-c2ccncc2)n1. The number of rotatable bonds is 5. The summed E-state index contributed by atoms with van der Waals surface area (Å²) in [5.41, 5.74) is 3.21. The van der Waals surface area contributed by atoms with Crippen molar-refractivity contribution < 1.29 is 5.11 Å². The van der Waals surface area contributed by atoms with Gasteiger partial charge in [-0.25, -0.2) is 0 Å². The summed E-state index contributed by atoms with van der Waals surface area (Å²) in [7, 11) is 1.93. The molecule has 1 fully saturated rings. The normalized spacial score (nSPS) is 20.8. The molecule has 3 rings (SSSR count). The van der Waals surface area contributed by atoms with Crippen LogP contribution in [0.2, 0.25) is 0 Å². The van der Waals surface area contributed by atoms with Gasteiger partial charge in [0, 0.05) is 68.9 Å². The number of aromatic nitrogens is 3. The van der Waals surface area contributed by atoms with E-state index in [1.807, 2.05) is 30.1 Å². The Balaban J connectivity index is 0.00000176. The third-order valence-corrected chi connectivity index (χ3v) is 3.88. The third-order valence-electron chi connectivity index (χ3n) is 3.88. The van der Waals surface area contributed by atoms with Crippen molar-refractivity contribution in [2.45, 2.75) is 12.6 Å². The highest BCUT2D eigenvalue weighted by atomic mass is 35.5. The van der Waals surface area contributed by atoms with Crippen molar-refractivity contribution >= 4 is 12.4 Å². The lowest BCUT2D eigenvalue weighted by Gasteiger charge is -2.14.